The molecular formula is C22H27ClN2O2. The van der Waals surface area contributed by atoms with E-state index in [4.69, 9.17) is 11.6 Å². The van der Waals surface area contributed by atoms with Gasteiger partial charge in [-0.05, 0) is 36.1 Å². The van der Waals surface area contributed by atoms with E-state index in [-0.39, 0.29) is 18.2 Å². The molecule has 0 aromatic heterocycles. The molecule has 144 valence electrons. The molecule has 0 bridgehead atoms. The van der Waals surface area contributed by atoms with Crippen molar-refractivity contribution in [1.82, 2.24) is 10.2 Å². The summed E-state index contributed by atoms with van der Waals surface area (Å²) >= 11 is 5.93. The van der Waals surface area contributed by atoms with Crippen molar-refractivity contribution in [3.63, 3.8) is 0 Å². The Labute approximate surface area is 166 Å². The van der Waals surface area contributed by atoms with Crippen LogP contribution in [0.25, 0.3) is 0 Å². The molecule has 2 amide bonds. The standard InChI is InChI=1S/C22H27ClN2O2/c1-3-14-24-22(27)20(4-2)25(16-18-8-6-5-7-9-18)21(26)15-17-10-12-19(23)13-11-17/h5-13,20H,3-4,14-16H2,1-2H3,(H,24,27)/t20-/m0/s1. The van der Waals surface area contributed by atoms with Gasteiger partial charge in [-0.25, -0.2) is 0 Å². The van der Waals surface area contributed by atoms with Crippen LogP contribution in [0, 0.1) is 0 Å². The summed E-state index contributed by atoms with van der Waals surface area (Å²) in [5, 5.41) is 3.56. The summed E-state index contributed by atoms with van der Waals surface area (Å²) in [4.78, 5) is 27.4. The summed E-state index contributed by atoms with van der Waals surface area (Å²) in [5.74, 6) is -0.167. The van der Waals surface area contributed by atoms with E-state index in [2.05, 4.69) is 5.32 Å². The fourth-order valence-corrected chi connectivity index (χ4v) is 3.07. The molecule has 0 radical (unpaired) electrons. The van der Waals surface area contributed by atoms with Gasteiger partial charge in [-0.2, -0.15) is 0 Å². The van der Waals surface area contributed by atoms with Crippen LogP contribution in [0.2, 0.25) is 5.02 Å². The maximum atomic E-state index is 13.1. The zero-order chi connectivity index (χ0) is 19.6. The molecule has 0 saturated carbocycles. The molecule has 1 N–H and O–H groups in total. The first-order valence-electron chi connectivity index (χ1n) is 9.40. The van der Waals surface area contributed by atoms with Crippen molar-refractivity contribution in [3.05, 3.63) is 70.7 Å². The summed E-state index contributed by atoms with van der Waals surface area (Å²) in [6, 6.07) is 16.5. The number of hydrogen-bond donors (Lipinski definition) is 1. The molecule has 2 aromatic carbocycles. The molecule has 2 rings (SSSR count). The molecule has 0 spiro atoms. The van der Waals surface area contributed by atoms with Crippen LogP contribution in [0.4, 0.5) is 0 Å². The highest BCUT2D eigenvalue weighted by Gasteiger charge is 2.28. The van der Waals surface area contributed by atoms with Gasteiger partial charge in [0.2, 0.25) is 11.8 Å². The molecule has 0 aliphatic carbocycles. The minimum Gasteiger partial charge on any atom is -0.354 e. The first-order valence-corrected chi connectivity index (χ1v) is 9.78. The van der Waals surface area contributed by atoms with Gasteiger partial charge < -0.3 is 10.2 Å². The largest absolute Gasteiger partial charge is 0.354 e. The van der Waals surface area contributed by atoms with Crippen molar-refractivity contribution in [2.24, 2.45) is 0 Å². The fourth-order valence-electron chi connectivity index (χ4n) is 2.94. The highest BCUT2D eigenvalue weighted by Crippen LogP contribution is 2.16. The van der Waals surface area contributed by atoms with Crippen molar-refractivity contribution in [3.8, 4) is 0 Å². The van der Waals surface area contributed by atoms with Crippen molar-refractivity contribution in [2.75, 3.05) is 6.54 Å². The zero-order valence-electron chi connectivity index (χ0n) is 16.0. The average molecular weight is 387 g/mol. The molecule has 5 heteroatoms. The monoisotopic (exact) mass is 386 g/mol. The third-order valence-corrected chi connectivity index (χ3v) is 4.65. The Bertz CT molecular complexity index is 732. The van der Waals surface area contributed by atoms with Gasteiger partial charge in [0.15, 0.2) is 0 Å². The predicted octanol–water partition coefficient (Wildman–Crippen LogP) is 4.22. The maximum Gasteiger partial charge on any atom is 0.242 e. The molecule has 0 aliphatic heterocycles. The number of halogens is 1. The van der Waals surface area contributed by atoms with Gasteiger partial charge in [-0.3, -0.25) is 9.59 Å². The Balaban J connectivity index is 2.22. The topological polar surface area (TPSA) is 49.4 Å². The van der Waals surface area contributed by atoms with Gasteiger partial charge in [0.25, 0.3) is 0 Å². The van der Waals surface area contributed by atoms with Gasteiger partial charge in [-0.15, -0.1) is 0 Å². The second-order valence-electron chi connectivity index (χ2n) is 6.53. The third kappa shape index (κ3) is 6.40. The predicted molar refractivity (Wildman–Crippen MR) is 110 cm³/mol. The van der Waals surface area contributed by atoms with Crippen LogP contribution in [-0.4, -0.2) is 29.3 Å². The normalized spacial score (nSPS) is 11.7. The molecule has 0 unspecified atom stereocenters. The van der Waals surface area contributed by atoms with Crippen molar-refractivity contribution < 1.29 is 9.59 Å². The summed E-state index contributed by atoms with van der Waals surface area (Å²) in [6.07, 6.45) is 1.66. The van der Waals surface area contributed by atoms with Gasteiger partial charge in [0, 0.05) is 18.1 Å². The lowest BCUT2D eigenvalue weighted by Crippen LogP contribution is -2.49. The molecule has 0 fully saturated rings. The van der Waals surface area contributed by atoms with Crippen molar-refractivity contribution >= 4 is 23.4 Å². The molecule has 4 nitrogen and oxygen atoms in total. The summed E-state index contributed by atoms with van der Waals surface area (Å²) in [5.41, 5.74) is 1.88. The third-order valence-electron chi connectivity index (χ3n) is 4.40. The molecule has 1 atom stereocenters. The van der Waals surface area contributed by atoms with Crippen LogP contribution in [-0.2, 0) is 22.6 Å². The Hall–Kier alpha value is -2.33. The fraction of sp³-hybridized carbons (Fsp3) is 0.364. The second-order valence-corrected chi connectivity index (χ2v) is 6.96. The van der Waals surface area contributed by atoms with Gasteiger partial charge in [-0.1, -0.05) is 67.9 Å². The van der Waals surface area contributed by atoms with E-state index in [1.165, 1.54) is 0 Å². The van der Waals surface area contributed by atoms with Crippen LogP contribution in [0.5, 0.6) is 0 Å². The van der Waals surface area contributed by atoms with Crippen LogP contribution in [0.15, 0.2) is 54.6 Å². The zero-order valence-corrected chi connectivity index (χ0v) is 16.7. The number of rotatable bonds is 9. The van der Waals surface area contributed by atoms with Crippen molar-refractivity contribution in [2.45, 2.75) is 45.7 Å². The highest BCUT2D eigenvalue weighted by molar-refractivity contribution is 6.30. The molecule has 0 saturated heterocycles. The second kappa shape index (κ2) is 10.7. The van der Waals surface area contributed by atoms with Gasteiger partial charge >= 0.3 is 0 Å². The minimum atomic E-state index is -0.489. The van der Waals surface area contributed by atoms with Crippen LogP contribution in [0.3, 0.4) is 0 Å². The minimum absolute atomic E-state index is 0.0697. The SMILES string of the molecule is CCCNC(=O)[C@H](CC)N(Cc1ccccc1)C(=O)Cc1ccc(Cl)cc1. The molecular weight excluding hydrogens is 360 g/mol. The lowest BCUT2D eigenvalue weighted by atomic mass is 10.1. The van der Waals surface area contributed by atoms with Crippen LogP contribution < -0.4 is 5.32 Å². The van der Waals surface area contributed by atoms with E-state index in [9.17, 15) is 9.59 Å². The first kappa shape index (κ1) is 21.0. The van der Waals surface area contributed by atoms with E-state index >= 15 is 0 Å². The lowest BCUT2D eigenvalue weighted by Gasteiger charge is -2.30. The van der Waals surface area contributed by atoms with Crippen LogP contribution in [0.1, 0.15) is 37.8 Å². The molecule has 0 heterocycles. The Morgan fingerprint density at radius 1 is 1.00 bits per heavy atom. The van der Waals surface area contributed by atoms with Crippen molar-refractivity contribution in [1.29, 1.82) is 0 Å². The number of carbonyl (C=O) groups excluding carboxylic acids is 2. The van der Waals surface area contributed by atoms with E-state index in [0.717, 1.165) is 17.5 Å². The quantitative estimate of drug-likeness (QED) is 0.701. The number of hydrogen-bond acceptors (Lipinski definition) is 2. The number of benzene rings is 2. The Morgan fingerprint density at radius 3 is 2.26 bits per heavy atom. The van der Waals surface area contributed by atoms with E-state index in [0.29, 0.717) is 24.5 Å². The molecule has 2 aromatic rings. The number of carbonyl (C=O) groups is 2. The van der Waals surface area contributed by atoms with Crippen LogP contribution >= 0.6 is 11.6 Å². The first-order chi connectivity index (χ1) is 13.0. The summed E-state index contributed by atoms with van der Waals surface area (Å²) < 4.78 is 0. The lowest BCUT2D eigenvalue weighted by molar-refractivity contribution is -0.140. The van der Waals surface area contributed by atoms with E-state index in [1.54, 1.807) is 17.0 Å². The number of nitrogens with one attached hydrogen (secondary N) is 1. The average Bonchev–Trinajstić information content (AvgIpc) is 2.68. The summed E-state index contributed by atoms with van der Waals surface area (Å²) in [6.45, 7) is 4.96. The van der Waals surface area contributed by atoms with Gasteiger partial charge in [0.05, 0.1) is 6.42 Å². The highest BCUT2D eigenvalue weighted by atomic mass is 35.5. The molecule has 27 heavy (non-hydrogen) atoms. The summed E-state index contributed by atoms with van der Waals surface area (Å²) in [7, 11) is 0. The van der Waals surface area contributed by atoms with E-state index < -0.39 is 6.04 Å². The smallest absolute Gasteiger partial charge is 0.242 e. The van der Waals surface area contributed by atoms with E-state index in [1.807, 2.05) is 56.3 Å². The maximum absolute atomic E-state index is 13.1. The Morgan fingerprint density at radius 2 is 1.67 bits per heavy atom. The van der Waals surface area contributed by atoms with Gasteiger partial charge in [0.1, 0.15) is 6.04 Å². The number of amides is 2. The molecule has 0 aliphatic rings. The number of nitrogens with zero attached hydrogens (tertiary/aromatic N) is 1. The Kier molecular flexibility index (Phi) is 8.34.